The van der Waals surface area contributed by atoms with Gasteiger partial charge < -0.3 is 20.1 Å². The number of hydrogen-bond acceptors (Lipinski definition) is 6. The van der Waals surface area contributed by atoms with Gasteiger partial charge in [0.2, 0.25) is 5.91 Å². The maximum Gasteiger partial charge on any atom is 0.254 e. The highest BCUT2D eigenvalue weighted by atomic mass is 16.2. The highest BCUT2D eigenvalue weighted by Crippen LogP contribution is 2.29. The van der Waals surface area contributed by atoms with E-state index in [-0.39, 0.29) is 11.8 Å². The van der Waals surface area contributed by atoms with Gasteiger partial charge in [-0.1, -0.05) is 36.4 Å². The molecule has 0 aliphatic carbocycles. The van der Waals surface area contributed by atoms with E-state index < -0.39 is 0 Å². The lowest BCUT2D eigenvalue weighted by Gasteiger charge is -2.35. The SMILES string of the molecule is CC(=O)NCCN(c1cccc(C(=O)N2CCN(Cc3ccccc3)CC2)c1)c1ncnc2[nH]ccc12. The average Bonchev–Trinajstić information content (AvgIpc) is 3.41. The minimum atomic E-state index is -0.0928. The van der Waals surface area contributed by atoms with Gasteiger partial charge in [0.15, 0.2) is 0 Å². The van der Waals surface area contributed by atoms with Crippen LogP contribution in [0.4, 0.5) is 11.5 Å². The van der Waals surface area contributed by atoms with Crippen molar-refractivity contribution in [2.75, 3.05) is 44.2 Å². The van der Waals surface area contributed by atoms with Crippen LogP contribution >= 0.6 is 0 Å². The van der Waals surface area contributed by atoms with Crippen LogP contribution in [-0.2, 0) is 11.3 Å². The van der Waals surface area contributed by atoms with E-state index in [1.165, 1.54) is 18.8 Å². The minimum Gasteiger partial charge on any atom is -0.355 e. The number of benzene rings is 2. The molecule has 0 atom stereocenters. The molecule has 37 heavy (non-hydrogen) atoms. The van der Waals surface area contributed by atoms with Crippen LogP contribution in [0.2, 0.25) is 0 Å². The highest BCUT2D eigenvalue weighted by molar-refractivity contribution is 5.96. The maximum absolute atomic E-state index is 13.5. The first-order valence-electron chi connectivity index (χ1n) is 12.5. The number of aromatic nitrogens is 3. The fourth-order valence-corrected chi connectivity index (χ4v) is 4.71. The van der Waals surface area contributed by atoms with E-state index in [4.69, 9.17) is 0 Å². The van der Waals surface area contributed by atoms with E-state index >= 15 is 0 Å². The summed E-state index contributed by atoms with van der Waals surface area (Å²) in [6, 6.07) is 20.0. The number of amides is 2. The van der Waals surface area contributed by atoms with E-state index in [9.17, 15) is 9.59 Å². The van der Waals surface area contributed by atoms with Crippen molar-refractivity contribution in [3.05, 3.63) is 84.3 Å². The van der Waals surface area contributed by atoms with Gasteiger partial charge in [0, 0.05) is 70.2 Å². The fraction of sp³-hybridized carbons (Fsp3) is 0.286. The molecule has 190 valence electrons. The number of H-pyrrole nitrogens is 1. The van der Waals surface area contributed by atoms with Gasteiger partial charge in [-0.2, -0.15) is 0 Å². The van der Waals surface area contributed by atoms with Gasteiger partial charge in [-0.3, -0.25) is 14.5 Å². The van der Waals surface area contributed by atoms with Gasteiger partial charge in [-0.25, -0.2) is 9.97 Å². The summed E-state index contributed by atoms with van der Waals surface area (Å²) in [5, 5.41) is 3.73. The number of aromatic amines is 1. The van der Waals surface area contributed by atoms with Gasteiger partial charge in [-0.05, 0) is 29.8 Å². The predicted octanol–water partition coefficient (Wildman–Crippen LogP) is 3.19. The molecular formula is C28H31N7O2. The molecule has 1 saturated heterocycles. The molecule has 0 spiro atoms. The summed E-state index contributed by atoms with van der Waals surface area (Å²) in [4.78, 5) is 43.2. The largest absolute Gasteiger partial charge is 0.355 e. The summed E-state index contributed by atoms with van der Waals surface area (Å²) >= 11 is 0. The molecule has 3 heterocycles. The highest BCUT2D eigenvalue weighted by Gasteiger charge is 2.23. The van der Waals surface area contributed by atoms with E-state index in [1.54, 1.807) is 0 Å². The predicted molar refractivity (Wildman–Crippen MR) is 144 cm³/mol. The Balaban J connectivity index is 1.32. The van der Waals surface area contributed by atoms with Crippen molar-refractivity contribution in [1.82, 2.24) is 30.1 Å². The molecule has 0 saturated carbocycles. The van der Waals surface area contributed by atoms with Gasteiger partial charge in [0.05, 0.1) is 5.39 Å². The Hall–Kier alpha value is -4.24. The van der Waals surface area contributed by atoms with Gasteiger partial charge in [0.25, 0.3) is 5.91 Å². The first kappa shape index (κ1) is 24.5. The number of hydrogen-bond donors (Lipinski definition) is 2. The Labute approximate surface area is 216 Å². The van der Waals surface area contributed by atoms with Gasteiger partial charge in [0.1, 0.15) is 17.8 Å². The maximum atomic E-state index is 13.5. The first-order valence-corrected chi connectivity index (χ1v) is 12.5. The van der Waals surface area contributed by atoms with Crippen LogP contribution < -0.4 is 10.2 Å². The Kier molecular flexibility index (Phi) is 7.41. The van der Waals surface area contributed by atoms with Crippen LogP contribution in [0.3, 0.4) is 0 Å². The smallest absolute Gasteiger partial charge is 0.254 e. The van der Waals surface area contributed by atoms with Crippen molar-refractivity contribution in [3.8, 4) is 0 Å². The molecule has 0 unspecified atom stereocenters. The van der Waals surface area contributed by atoms with E-state index in [1.807, 2.05) is 52.4 Å². The van der Waals surface area contributed by atoms with E-state index in [0.717, 1.165) is 42.2 Å². The molecule has 1 aliphatic heterocycles. The van der Waals surface area contributed by atoms with Crippen molar-refractivity contribution < 1.29 is 9.59 Å². The van der Waals surface area contributed by atoms with E-state index in [2.05, 4.69) is 49.4 Å². The Bertz CT molecular complexity index is 1360. The Morgan fingerprint density at radius 2 is 1.81 bits per heavy atom. The second-order valence-electron chi connectivity index (χ2n) is 9.18. The molecule has 1 fully saturated rings. The van der Waals surface area contributed by atoms with Crippen LogP contribution in [0.15, 0.2) is 73.2 Å². The minimum absolute atomic E-state index is 0.0255. The fourth-order valence-electron chi connectivity index (χ4n) is 4.71. The lowest BCUT2D eigenvalue weighted by atomic mass is 10.1. The van der Waals surface area contributed by atoms with Crippen LogP contribution in [0, 0.1) is 0 Å². The Morgan fingerprint density at radius 3 is 2.59 bits per heavy atom. The van der Waals surface area contributed by atoms with Gasteiger partial charge in [-0.15, -0.1) is 0 Å². The normalized spacial score (nSPS) is 14.0. The molecular weight excluding hydrogens is 466 g/mol. The molecule has 2 amide bonds. The third kappa shape index (κ3) is 5.78. The summed E-state index contributed by atoms with van der Waals surface area (Å²) in [5.74, 6) is 0.651. The Morgan fingerprint density at radius 1 is 1.00 bits per heavy atom. The lowest BCUT2D eigenvalue weighted by Crippen LogP contribution is -2.48. The van der Waals surface area contributed by atoms with Crippen LogP contribution in [-0.4, -0.2) is 75.8 Å². The molecule has 2 aromatic heterocycles. The monoisotopic (exact) mass is 497 g/mol. The standard InChI is InChI=1S/C28H31N7O2/c1-21(36)29-12-13-35(27-25-10-11-30-26(25)31-20-32-27)24-9-5-8-23(18-24)28(37)34-16-14-33(15-17-34)19-22-6-3-2-4-7-22/h2-11,18,20H,12-17,19H2,1H3,(H,29,36)(H,30,31,32). The number of nitrogens with one attached hydrogen (secondary N) is 2. The third-order valence-electron chi connectivity index (χ3n) is 6.61. The second-order valence-corrected chi connectivity index (χ2v) is 9.18. The summed E-state index contributed by atoms with van der Waals surface area (Å²) < 4.78 is 0. The third-order valence-corrected chi connectivity index (χ3v) is 6.61. The number of rotatable bonds is 8. The van der Waals surface area contributed by atoms with Crippen molar-refractivity contribution in [2.24, 2.45) is 0 Å². The molecule has 9 nitrogen and oxygen atoms in total. The summed E-state index contributed by atoms with van der Waals surface area (Å²) in [6.07, 6.45) is 3.34. The molecule has 5 rings (SSSR count). The number of anilines is 2. The van der Waals surface area contributed by atoms with Crippen molar-refractivity contribution in [1.29, 1.82) is 0 Å². The topological polar surface area (TPSA) is 97.5 Å². The van der Waals surface area contributed by atoms with Crippen molar-refractivity contribution in [3.63, 3.8) is 0 Å². The number of fused-ring (bicyclic) bond motifs is 1. The summed E-state index contributed by atoms with van der Waals surface area (Å²) in [5.41, 5.74) is 3.49. The first-order chi connectivity index (χ1) is 18.1. The van der Waals surface area contributed by atoms with Gasteiger partial charge >= 0.3 is 0 Å². The molecule has 0 radical (unpaired) electrons. The zero-order valence-corrected chi connectivity index (χ0v) is 20.9. The molecule has 1 aliphatic rings. The molecule has 2 aromatic carbocycles. The van der Waals surface area contributed by atoms with Crippen molar-refractivity contribution >= 4 is 34.4 Å². The summed E-state index contributed by atoms with van der Waals surface area (Å²) in [6.45, 7) is 6.40. The van der Waals surface area contributed by atoms with Crippen LogP contribution in [0.5, 0.6) is 0 Å². The number of carbonyl (C=O) groups excluding carboxylic acids is 2. The number of piperazine rings is 1. The van der Waals surface area contributed by atoms with E-state index in [0.29, 0.717) is 31.7 Å². The molecule has 9 heteroatoms. The number of nitrogens with zero attached hydrogens (tertiary/aromatic N) is 5. The summed E-state index contributed by atoms with van der Waals surface area (Å²) in [7, 11) is 0. The zero-order chi connectivity index (χ0) is 25.6. The van der Waals surface area contributed by atoms with Crippen LogP contribution in [0.25, 0.3) is 11.0 Å². The molecule has 4 aromatic rings. The van der Waals surface area contributed by atoms with Crippen molar-refractivity contribution in [2.45, 2.75) is 13.5 Å². The number of carbonyl (C=O) groups is 2. The molecule has 2 N–H and O–H groups in total. The lowest BCUT2D eigenvalue weighted by molar-refractivity contribution is -0.118. The quantitative estimate of drug-likeness (QED) is 0.388. The van der Waals surface area contributed by atoms with Crippen LogP contribution in [0.1, 0.15) is 22.8 Å². The molecule has 0 bridgehead atoms. The zero-order valence-electron chi connectivity index (χ0n) is 20.9. The second kappa shape index (κ2) is 11.2. The average molecular weight is 498 g/mol.